The third-order valence-electron chi connectivity index (χ3n) is 3.29. The van der Waals surface area contributed by atoms with E-state index in [9.17, 15) is 4.21 Å². The van der Waals surface area contributed by atoms with Crippen LogP contribution in [0.3, 0.4) is 0 Å². The van der Waals surface area contributed by atoms with Gasteiger partial charge in [0, 0.05) is 42.1 Å². The van der Waals surface area contributed by atoms with Crippen molar-refractivity contribution < 1.29 is 8.95 Å². The van der Waals surface area contributed by atoms with Crippen molar-refractivity contribution in [3.05, 3.63) is 48.0 Å². The number of methoxy groups -OCH3 is 1. The summed E-state index contributed by atoms with van der Waals surface area (Å²) in [5, 5.41) is 2.37. The van der Waals surface area contributed by atoms with E-state index in [1.54, 1.807) is 7.11 Å². The van der Waals surface area contributed by atoms with Gasteiger partial charge in [-0.25, -0.2) is 0 Å². The fourth-order valence-corrected chi connectivity index (χ4v) is 3.38. The predicted molar refractivity (Wildman–Crippen MR) is 85.2 cm³/mol. The highest BCUT2D eigenvalue weighted by Crippen LogP contribution is 2.19. The molecule has 20 heavy (non-hydrogen) atoms. The zero-order valence-corrected chi connectivity index (χ0v) is 12.6. The van der Waals surface area contributed by atoms with E-state index in [-0.39, 0.29) is 6.04 Å². The molecule has 0 amide bonds. The Labute approximate surface area is 122 Å². The number of nitrogens with two attached hydrogens (primary N) is 1. The minimum absolute atomic E-state index is 0.178. The van der Waals surface area contributed by atoms with Crippen LogP contribution >= 0.6 is 0 Å². The van der Waals surface area contributed by atoms with Crippen molar-refractivity contribution in [1.82, 2.24) is 0 Å². The SMILES string of the molecule is COCCCS(=O)CC(N)c1ccc2ccccc2c1. The molecule has 0 radical (unpaired) electrons. The highest BCUT2D eigenvalue weighted by molar-refractivity contribution is 7.85. The van der Waals surface area contributed by atoms with E-state index >= 15 is 0 Å². The number of fused-ring (bicyclic) bond motifs is 1. The number of ether oxygens (including phenoxy) is 1. The van der Waals surface area contributed by atoms with E-state index in [0.29, 0.717) is 18.1 Å². The lowest BCUT2D eigenvalue weighted by Gasteiger charge is -2.12. The van der Waals surface area contributed by atoms with Crippen LogP contribution < -0.4 is 5.73 Å². The van der Waals surface area contributed by atoms with E-state index in [0.717, 1.165) is 12.0 Å². The van der Waals surface area contributed by atoms with E-state index in [1.165, 1.54) is 10.8 Å². The zero-order valence-electron chi connectivity index (χ0n) is 11.7. The average Bonchev–Trinajstić information content (AvgIpc) is 2.47. The molecule has 0 heterocycles. The molecule has 2 aromatic carbocycles. The Hall–Kier alpha value is -1.23. The number of hydrogen-bond acceptors (Lipinski definition) is 3. The van der Waals surface area contributed by atoms with Crippen LogP contribution in [0.15, 0.2) is 42.5 Å². The standard InChI is InChI=1S/C16H21NO2S/c1-19-9-4-10-20(18)12-16(17)15-8-7-13-5-2-3-6-14(13)11-15/h2-3,5-8,11,16H,4,9-10,12,17H2,1H3. The molecule has 0 bridgehead atoms. The second-order valence-corrected chi connectivity index (χ2v) is 6.49. The summed E-state index contributed by atoms with van der Waals surface area (Å²) in [5.41, 5.74) is 7.21. The van der Waals surface area contributed by atoms with Gasteiger partial charge in [0.1, 0.15) is 0 Å². The summed E-state index contributed by atoms with van der Waals surface area (Å²) in [6.07, 6.45) is 0.813. The summed E-state index contributed by atoms with van der Waals surface area (Å²) < 4.78 is 16.9. The van der Waals surface area contributed by atoms with Gasteiger partial charge in [-0.05, 0) is 28.8 Å². The van der Waals surface area contributed by atoms with Gasteiger partial charge in [-0.3, -0.25) is 4.21 Å². The second-order valence-electron chi connectivity index (χ2n) is 4.87. The number of rotatable bonds is 7. The third kappa shape index (κ3) is 4.13. The lowest BCUT2D eigenvalue weighted by atomic mass is 10.0. The van der Waals surface area contributed by atoms with Crippen LogP contribution in [-0.2, 0) is 15.5 Å². The predicted octanol–water partition coefficient (Wildman–Crippen LogP) is 2.62. The summed E-state index contributed by atoms with van der Waals surface area (Å²) in [6.45, 7) is 0.650. The van der Waals surface area contributed by atoms with Gasteiger partial charge in [0.15, 0.2) is 0 Å². The molecule has 3 nitrogen and oxygen atoms in total. The normalized spacial score (nSPS) is 14.3. The summed E-state index contributed by atoms with van der Waals surface area (Å²) in [5.74, 6) is 1.15. The molecule has 2 rings (SSSR count). The fraction of sp³-hybridized carbons (Fsp3) is 0.375. The van der Waals surface area contributed by atoms with Crippen LogP contribution in [0.5, 0.6) is 0 Å². The number of hydrogen-bond donors (Lipinski definition) is 1. The molecule has 0 aromatic heterocycles. The molecule has 2 N–H and O–H groups in total. The highest BCUT2D eigenvalue weighted by Gasteiger charge is 2.11. The Morgan fingerprint density at radius 1 is 1.20 bits per heavy atom. The van der Waals surface area contributed by atoms with Crippen molar-refractivity contribution in [2.24, 2.45) is 5.73 Å². The maximum absolute atomic E-state index is 11.9. The first-order chi connectivity index (χ1) is 9.70. The molecule has 0 aliphatic rings. The minimum Gasteiger partial charge on any atom is -0.385 e. The summed E-state index contributed by atoms with van der Waals surface area (Å²) in [6, 6.07) is 14.2. The van der Waals surface area contributed by atoms with Gasteiger partial charge in [-0.1, -0.05) is 36.4 Å². The number of benzene rings is 2. The van der Waals surface area contributed by atoms with Crippen LogP contribution in [0.4, 0.5) is 0 Å². The smallest absolute Gasteiger partial charge is 0.0471 e. The Kier molecular flexibility index (Phi) is 5.71. The highest BCUT2D eigenvalue weighted by atomic mass is 32.2. The van der Waals surface area contributed by atoms with Crippen molar-refractivity contribution in [3.8, 4) is 0 Å². The lowest BCUT2D eigenvalue weighted by molar-refractivity contribution is 0.200. The molecule has 108 valence electrons. The molecule has 2 unspecified atom stereocenters. The molecule has 0 fully saturated rings. The summed E-state index contributed by atoms with van der Waals surface area (Å²) in [7, 11) is 0.766. The molecule has 4 heteroatoms. The average molecular weight is 291 g/mol. The zero-order chi connectivity index (χ0) is 14.4. The lowest BCUT2D eigenvalue weighted by Crippen LogP contribution is -2.20. The third-order valence-corrected chi connectivity index (χ3v) is 4.76. The van der Waals surface area contributed by atoms with Crippen molar-refractivity contribution in [2.75, 3.05) is 25.2 Å². The van der Waals surface area contributed by atoms with E-state index in [2.05, 4.69) is 24.3 Å². The Balaban J connectivity index is 2.00. The molecule has 0 spiro atoms. The van der Waals surface area contributed by atoms with Crippen LogP contribution in [0.1, 0.15) is 18.0 Å². The minimum atomic E-state index is -0.891. The van der Waals surface area contributed by atoms with Crippen molar-refractivity contribution in [3.63, 3.8) is 0 Å². The fourth-order valence-electron chi connectivity index (χ4n) is 2.18. The first kappa shape index (κ1) is 15.2. The molecule has 2 atom stereocenters. The molecular weight excluding hydrogens is 270 g/mol. The first-order valence-corrected chi connectivity index (χ1v) is 8.27. The summed E-state index contributed by atoms with van der Waals surface area (Å²) >= 11 is 0. The van der Waals surface area contributed by atoms with Crippen molar-refractivity contribution >= 4 is 21.6 Å². The monoisotopic (exact) mass is 291 g/mol. The maximum atomic E-state index is 11.9. The van der Waals surface area contributed by atoms with E-state index < -0.39 is 10.8 Å². The molecule has 0 saturated carbocycles. The summed E-state index contributed by atoms with van der Waals surface area (Å²) in [4.78, 5) is 0. The van der Waals surface area contributed by atoms with Crippen molar-refractivity contribution in [2.45, 2.75) is 12.5 Å². The molecule has 2 aromatic rings. The first-order valence-electron chi connectivity index (χ1n) is 6.79. The van der Waals surface area contributed by atoms with Gasteiger partial charge in [-0.15, -0.1) is 0 Å². The van der Waals surface area contributed by atoms with Gasteiger partial charge in [0.05, 0.1) is 0 Å². The van der Waals surface area contributed by atoms with Gasteiger partial charge in [0.2, 0.25) is 0 Å². The van der Waals surface area contributed by atoms with Crippen LogP contribution in [0.2, 0.25) is 0 Å². The largest absolute Gasteiger partial charge is 0.385 e. The second kappa shape index (κ2) is 7.53. The van der Waals surface area contributed by atoms with E-state index in [1.807, 2.05) is 18.2 Å². The molecule has 0 saturated heterocycles. The van der Waals surface area contributed by atoms with Gasteiger partial charge >= 0.3 is 0 Å². The van der Waals surface area contributed by atoms with Gasteiger partial charge < -0.3 is 10.5 Å². The van der Waals surface area contributed by atoms with E-state index in [4.69, 9.17) is 10.5 Å². The molecule has 0 aliphatic carbocycles. The Morgan fingerprint density at radius 3 is 2.70 bits per heavy atom. The van der Waals surface area contributed by atoms with Crippen LogP contribution in [-0.4, -0.2) is 29.4 Å². The van der Waals surface area contributed by atoms with Crippen LogP contribution in [0.25, 0.3) is 10.8 Å². The Morgan fingerprint density at radius 2 is 1.95 bits per heavy atom. The topological polar surface area (TPSA) is 52.3 Å². The van der Waals surface area contributed by atoms with Crippen molar-refractivity contribution in [1.29, 1.82) is 0 Å². The Bertz CT molecular complexity index is 585. The van der Waals surface area contributed by atoms with Gasteiger partial charge in [-0.2, -0.15) is 0 Å². The quantitative estimate of drug-likeness (QED) is 0.798. The van der Waals surface area contributed by atoms with Gasteiger partial charge in [0.25, 0.3) is 0 Å². The van der Waals surface area contributed by atoms with Crippen LogP contribution in [0, 0.1) is 0 Å². The molecular formula is C16H21NO2S. The molecule has 0 aliphatic heterocycles. The maximum Gasteiger partial charge on any atom is 0.0471 e.